The molecule has 0 aliphatic carbocycles. The Morgan fingerprint density at radius 2 is 2.35 bits per heavy atom. The summed E-state index contributed by atoms with van der Waals surface area (Å²) in [6.07, 6.45) is 4.82. The lowest BCUT2D eigenvalue weighted by Gasteiger charge is -2.18. The monoisotopic (exact) mass is 275 g/mol. The molecule has 0 atom stereocenters. The third kappa shape index (κ3) is 2.94. The predicted octanol–water partition coefficient (Wildman–Crippen LogP) is 2.42. The average molecular weight is 275 g/mol. The molecule has 2 aromatic heterocycles. The highest BCUT2D eigenvalue weighted by molar-refractivity contribution is 5.13. The number of aromatic nitrogens is 2. The summed E-state index contributed by atoms with van der Waals surface area (Å²) in [5.74, 6) is 1.02. The van der Waals surface area contributed by atoms with Crippen molar-refractivity contribution in [3.8, 4) is 0 Å². The fraction of sp³-hybridized carbons (Fsp3) is 0.533. The lowest BCUT2D eigenvalue weighted by molar-refractivity contribution is 0.129. The van der Waals surface area contributed by atoms with Crippen molar-refractivity contribution in [1.82, 2.24) is 14.5 Å². The van der Waals surface area contributed by atoms with Gasteiger partial charge in [-0.1, -0.05) is 0 Å². The summed E-state index contributed by atoms with van der Waals surface area (Å²) < 4.78 is 13.2. The summed E-state index contributed by atoms with van der Waals surface area (Å²) in [4.78, 5) is 6.91. The maximum absolute atomic E-state index is 5.51. The molecule has 1 aliphatic rings. The molecule has 0 radical (unpaired) electrons. The van der Waals surface area contributed by atoms with Gasteiger partial charge in [0.15, 0.2) is 0 Å². The molecule has 0 saturated carbocycles. The Morgan fingerprint density at radius 3 is 3.15 bits per heavy atom. The van der Waals surface area contributed by atoms with E-state index in [1.54, 1.807) is 6.26 Å². The highest BCUT2D eigenvalue weighted by atomic mass is 16.5. The maximum Gasteiger partial charge on any atom is 0.117 e. The van der Waals surface area contributed by atoms with E-state index < -0.39 is 0 Å². The minimum atomic E-state index is 0.605. The van der Waals surface area contributed by atoms with Crippen LogP contribution in [-0.2, 0) is 31.0 Å². The van der Waals surface area contributed by atoms with E-state index in [0.717, 1.165) is 50.7 Å². The smallest absolute Gasteiger partial charge is 0.117 e. The van der Waals surface area contributed by atoms with E-state index in [4.69, 9.17) is 9.15 Å². The lowest BCUT2D eigenvalue weighted by Crippen LogP contribution is -2.23. The molecule has 0 amide bonds. The van der Waals surface area contributed by atoms with Gasteiger partial charge in [0.25, 0.3) is 0 Å². The second kappa shape index (κ2) is 6.24. The number of nitrogens with zero attached hydrogens (tertiary/aromatic N) is 3. The molecule has 0 N–H and O–H groups in total. The molecule has 20 heavy (non-hydrogen) atoms. The van der Waals surface area contributed by atoms with Gasteiger partial charge >= 0.3 is 0 Å². The second-order valence-electron chi connectivity index (χ2n) is 5.11. The number of hydrogen-bond acceptors (Lipinski definition) is 4. The van der Waals surface area contributed by atoms with Gasteiger partial charge in [-0.15, -0.1) is 0 Å². The Balaban J connectivity index is 1.73. The zero-order chi connectivity index (χ0) is 13.8. The van der Waals surface area contributed by atoms with Crippen LogP contribution >= 0.6 is 0 Å². The number of imidazole rings is 1. The number of rotatable bonds is 5. The van der Waals surface area contributed by atoms with Crippen molar-refractivity contribution in [2.45, 2.75) is 39.6 Å². The molecular formula is C15H21N3O2. The van der Waals surface area contributed by atoms with Crippen molar-refractivity contribution in [3.05, 3.63) is 41.9 Å². The predicted molar refractivity (Wildman–Crippen MR) is 75.0 cm³/mol. The van der Waals surface area contributed by atoms with Crippen LogP contribution in [0.3, 0.4) is 0 Å². The normalized spacial score (nSPS) is 16.1. The fourth-order valence-corrected chi connectivity index (χ4v) is 2.66. The van der Waals surface area contributed by atoms with Crippen LogP contribution in [0.25, 0.3) is 0 Å². The molecule has 0 bridgehead atoms. The summed E-state index contributed by atoms with van der Waals surface area (Å²) in [6.45, 7) is 7.21. The van der Waals surface area contributed by atoms with E-state index in [1.165, 1.54) is 5.69 Å². The number of ether oxygens (including phenoxy) is 1. The van der Waals surface area contributed by atoms with Gasteiger partial charge in [0.2, 0.25) is 0 Å². The topological polar surface area (TPSA) is 43.4 Å². The van der Waals surface area contributed by atoms with Crippen molar-refractivity contribution < 1.29 is 9.15 Å². The van der Waals surface area contributed by atoms with E-state index >= 15 is 0 Å². The third-order valence-corrected chi connectivity index (χ3v) is 3.68. The van der Waals surface area contributed by atoms with Gasteiger partial charge in [0.1, 0.15) is 5.76 Å². The van der Waals surface area contributed by atoms with Crippen LogP contribution in [0, 0.1) is 0 Å². The number of aryl methyl sites for hydroxylation is 1. The van der Waals surface area contributed by atoms with Crippen LogP contribution in [0.2, 0.25) is 0 Å². The first-order valence-corrected chi connectivity index (χ1v) is 7.22. The Morgan fingerprint density at radius 1 is 1.40 bits per heavy atom. The molecule has 0 aromatic carbocycles. The lowest BCUT2D eigenvalue weighted by atomic mass is 10.3. The van der Waals surface area contributed by atoms with E-state index in [1.807, 2.05) is 25.4 Å². The Bertz CT molecular complexity index is 533. The minimum Gasteiger partial charge on any atom is -0.468 e. The molecule has 5 heteroatoms. The average Bonchev–Trinajstić information content (AvgIpc) is 3.03. The molecule has 0 unspecified atom stereocenters. The minimum absolute atomic E-state index is 0.605. The molecule has 0 saturated heterocycles. The van der Waals surface area contributed by atoms with Crippen molar-refractivity contribution in [3.63, 3.8) is 0 Å². The highest BCUT2D eigenvalue weighted by Crippen LogP contribution is 2.19. The van der Waals surface area contributed by atoms with E-state index in [-0.39, 0.29) is 0 Å². The van der Waals surface area contributed by atoms with Crippen LogP contribution in [0.5, 0.6) is 0 Å². The van der Waals surface area contributed by atoms with Gasteiger partial charge in [-0.2, -0.15) is 0 Å². The van der Waals surface area contributed by atoms with Gasteiger partial charge in [0.05, 0.1) is 37.1 Å². The standard InChI is InChI=1S/C15H21N3O2/c1-2-19-11-14-15-10-17(9-13-5-3-8-20-13)6-4-7-18(15)12-16-14/h3,5,8,12H,2,4,6-7,9-11H2,1H3. The third-order valence-electron chi connectivity index (χ3n) is 3.68. The first-order chi connectivity index (χ1) is 9.86. The zero-order valence-electron chi connectivity index (χ0n) is 11.9. The molecule has 3 rings (SSSR count). The first-order valence-electron chi connectivity index (χ1n) is 7.22. The van der Waals surface area contributed by atoms with Gasteiger partial charge in [-0.05, 0) is 25.5 Å². The van der Waals surface area contributed by atoms with Gasteiger partial charge in [0, 0.05) is 26.2 Å². The van der Waals surface area contributed by atoms with E-state index in [9.17, 15) is 0 Å². The zero-order valence-corrected chi connectivity index (χ0v) is 11.9. The van der Waals surface area contributed by atoms with Crippen LogP contribution in [0.1, 0.15) is 30.5 Å². The Labute approximate surface area is 119 Å². The van der Waals surface area contributed by atoms with Crippen molar-refractivity contribution in [2.75, 3.05) is 13.2 Å². The summed E-state index contributed by atoms with van der Waals surface area (Å²) in [6, 6.07) is 3.97. The second-order valence-corrected chi connectivity index (χ2v) is 5.11. The molecule has 3 heterocycles. The molecule has 0 spiro atoms. The van der Waals surface area contributed by atoms with Crippen LogP contribution < -0.4 is 0 Å². The van der Waals surface area contributed by atoms with Crippen molar-refractivity contribution in [2.24, 2.45) is 0 Å². The first kappa shape index (κ1) is 13.4. The molecule has 5 nitrogen and oxygen atoms in total. The summed E-state index contributed by atoms with van der Waals surface area (Å²) in [5.41, 5.74) is 2.35. The molecule has 108 valence electrons. The number of furan rings is 1. The summed E-state index contributed by atoms with van der Waals surface area (Å²) in [5, 5.41) is 0. The number of hydrogen-bond donors (Lipinski definition) is 0. The summed E-state index contributed by atoms with van der Waals surface area (Å²) in [7, 11) is 0. The Kier molecular flexibility index (Phi) is 4.18. The van der Waals surface area contributed by atoms with Crippen molar-refractivity contribution >= 4 is 0 Å². The molecule has 0 fully saturated rings. The van der Waals surface area contributed by atoms with Crippen molar-refractivity contribution in [1.29, 1.82) is 0 Å². The SMILES string of the molecule is CCOCc1ncn2c1CN(Cc1ccco1)CCC2. The Hall–Kier alpha value is -1.59. The highest BCUT2D eigenvalue weighted by Gasteiger charge is 2.19. The quantitative estimate of drug-likeness (QED) is 0.840. The fourth-order valence-electron chi connectivity index (χ4n) is 2.66. The van der Waals surface area contributed by atoms with E-state index in [2.05, 4.69) is 14.5 Å². The largest absolute Gasteiger partial charge is 0.468 e. The molecule has 1 aliphatic heterocycles. The molecular weight excluding hydrogens is 254 g/mol. The van der Waals surface area contributed by atoms with Gasteiger partial charge < -0.3 is 13.7 Å². The molecule has 2 aromatic rings. The maximum atomic E-state index is 5.51. The van der Waals surface area contributed by atoms with Crippen LogP contribution in [0.4, 0.5) is 0 Å². The van der Waals surface area contributed by atoms with Crippen LogP contribution in [-0.4, -0.2) is 27.6 Å². The number of fused-ring (bicyclic) bond motifs is 1. The van der Waals surface area contributed by atoms with E-state index in [0.29, 0.717) is 6.61 Å². The van der Waals surface area contributed by atoms with Crippen LogP contribution in [0.15, 0.2) is 29.1 Å². The van der Waals surface area contributed by atoms with Gasteiger partial charge in [-0.25, -0.2) is 4.98 Å². The summed E-state index contributed by atoms with van der Waals surface area (Å²) >= 11 is 0. The van der Waals surface area contributed by atoms with Gasteiger partial charge in [-0.3, -0.25) is 4.90 Å².